The van der Waals surface area contributed by atoms with E-state index >= 15 is 0 Å². The van der Waals surface area contributed by atoms with Crippen molar-refractivity contribution in [3.8, 4) is 6.07 Å². The van der Waals surface area contributed by atoms with Gasteiger partial charge in [0.1, 0.15) is 5.82 Å². The predicted octanol–water partition coefficient (Wildman–Crippen LogP) is 1.74. The minimum Gasteiger partial charge on any atom is -0.368 e. The number of nitrogens with zero attached hydrogens (tertiary/aromatic N) is 6. The number of benzene rings is 1. The zero-order valence-corrected chi connectivity index (χ0v) is 13.5. The third kappa shape index (κ3) is 3.34. The zero-order valence-electron chi connectivity index (χ0n) is 13.5. The second kappa shape index (κ2) is 6.53. The SMILES string of the molecule is CN(C)c1ccnc(N2CCN(c3ccc(C#N)cc3)CC2)n1. The van der Waals surface area contributed by atoms with Gasteiger partial charge in [0, 0.05) is 52.2 Å². The minimum atomic E-state index is 0.696. The Labute approximate surface area is 136 Å². The quantitative estimate of drug-likeness (QED) is 0.861. The second-order valence-corrected chi connectivity index (χ2v) is 5.74. The molecule has 6 heteroatoms. The molecule has 23 heavy (non-hydrogen) atoms. The highest BCUT2D eigenvalue weighted by atomic mass is 15.3. The molecule has 0 unspecified atom stereocenters. The van der Waals surface area contributed by atoms with Gasteiger partial charge in [-0.1, -0.05) is 0 Å². The van der Waals surface area contributed by atoms with Crippen molar-refractivity contribution in [3.05, 3.63) is 42.1 Å². The van der Waals surface area contributed by atoms with Crippen LogP contribution < -0.4 is 14.7 Å². The van der Waals surface area contributed by atoms with E-state index in [2.05, 4.69) is 25.8 Å². The fourth-order valence-electron chi connectivity index (χ4n) is 2.65. The first-order valence-corrected chi connectivity index (χ1v) is 7.68. The smallest absolute Gasteiger partial charge is 0.227 e. The van der Waals surface area contributed by atoms with Crippen LogP contribution in [0.2, 0.25) is 0 Å². The van der Waals surface area contributed by atoms with Gasteiger partial charge < -0.3 is 14.7 Å². The van der Waals surface area contributed by atoms with Crippen molar-refractivity contribution in [2.24, 2.45) is 0 Å². The van der Waals surface area contributed by atoms with Gasteiger partial charge in [0.25, 0.3) is 0 Å². The van der Waals surface area contributed by atoms with Crippen molar-refractivity contribution in [2.45, 2.75) is 0 Å². The van der Waals surface area contributed by atoms with Crippen LogP contribution in [-0.4, -0.2) is 50.2 Å². The highest BCUT2D eigenvalue weighted by Crippen LogP contribution is 2.20. The molecule has 1 fully saturated rings. The van der Waals surface area contributed by atoms with E-state index in [9.17, 15) is 0 Å². The molecule has 118 valence electrons. The summed E-state index contributed by atoms with van der Waals surface area (Å²) in [5.41, 5.74) is 1.85. The molecule has 1 aromatic heterocycles. The third-order valence-corrected chi connectivity index (χ3v) is 4.01. The Kier molecular flexibility index (Phi) is 4.29. The lowest BCUT2D eigenvalue weighted by atomic mass is 10.2. The van der Waals surface area contributed by atoms with Gasteiger partial charge in [0.2, 0.25) is 5.95 Å². The first-order chi connectivity index (χ1) is 11.2. The van der Waals surface area contributed by atoms with Crippen molar-refractivity contribution in [1.82, 2.24) is 9.97 Å². The molecule has 1 aliphatic heterocycles. The number of nitriles is 1. The van der Waals surface area contributed by atoms with Crippen molar-refractivity contribution < 1.29 is 0 Å². The molecular weight excluding hydrogens is 288 g/mol. The van der Waals surface area contributed by atoms with Crippen LogP contribution in [0.1, 0.15) is 5.56 Å². The maximum absolute atomic E-state index is 8.87. The molecule has 1 aliphatic rings. The second-order valence-electron chi connectivity index (χ2n) is 5.74. The van der Waals surface area contributed by atoms with E-state index < -0.39 is 0 Å². The van der Waals surface area contributed by atoms with Crippen molar-refractivity contribution in [3.63, 3.8) is 0 Å². The molecule has 1 saturated heterocycles. The summed E-state index contributed by atoms with van der Waals surface area (Å²) in [5, 5.41) is 8.87. The Morgan fingerprint density at radius 2 is 1.65 bits per heavy atom. The molecular formula is C17H20N6. The summed E-state index contributed by atoms with van der Waals surface area (Å²) in [7, 11) is 3.96. The van der Waals surface area contributed by atoms with Gasteiger partial charge in [0.15, 0.2) is 0 Å². The van der Waals surface area contributed by atoms with E-state index in [1.165, 1.54) is 0 Å². The maximum atomic E-state index is 8.87. The van der Waals surface area contributed by atoms with Gasteiger partial charge in [0.05, 0.1) is 11.6 Å². The Hall–Kier alpha value is -2.81. The predicted molar refractivity (Wildman–Crippen MR) is 91.9 cm³/mol. The molecule has 1 aromatic carbocycles. The minimum absolute atomic E-state index is 0.696. The molecule has 0 N–H and O–H groups in total. The lowest BCUT2D eigenvalue weighted by Crippen LogP contribution is -2.47. The molecule has 2 aromatic rings. The summed E-state index contributed by atoms with van der Waals surface area (Å²) in [6.45, 7) is 3.61. The van der Waals surface area contributed by atoms with Gasteiger partial charge >= 0.3 is 0 Å². The van der Waals surface area contributed by atoms with Gasteiger partial charge in [-0.25, -0.2) is 4.98 Å². The average molecular weight is 308 g/mol. The fourth-order valence-corrected chi connectivity index (χ4v) is 2.65. The molecule has 0 radical (unpaired) electrons. The molecule has 3 rings (SSSR count). The molecule has 6 nitrogen and oxygen atoms in total. The number of hydrogen-bond donors (Lipinski definition) is 0. The van der Waals surface area contributed by atoms with Crippen LogP contribution in [0.5, 0.6) is 0 Å². The van der Waals surface area contributed by atoms with Crippen LogP contribution in [0.15, 0.2) is 36.5 Å². The van der Waals surface area contributed by atoms with E-state index in [0.29, 0.717) is 5.56 Å². The van der Waals surface area contributed by atoms with Crippen LogP contribution in [0.4, 0.5) is 17.5 Å². The molecule has 0 spiro atoms. The maximum Gasteiger partial charge on any atom is 0.227 e. The van der Waals surface area contributed by atoms with Crippen LogP contribution in [0.25, 0.3) is 0 Å². The molecule has 0 saturated carbocycles. The molecule has 2 heterocycles. The fraction of sp³-hybridized carbons (Fsp3) is 0.353. The summed E-state index contributed by atoms with van der Waals surface area (Å²) in [6.07, 6.45) is 1.81. The van der Waals surface area contributed by atoms with Gasteiger partial charge in [-0.15, -0.1) is 0 Å². The topological polar surface area (TPSA) is 59.3 Å². The van der Waals surface area contributed by atoms with Gasteiger partial charge in [-0.2, -0.15) is 10.2 Å². The van der Waals surface area contributed by atoms with Gasteiger partial charge in [-0.3, -0.25) is 0 Å². The zero-order chi connectivity index (χ0) is 16.2. The largest absolute Gasteiger partial charge is 0.368 e. The normalized spacial score (nSPS) is 14.5. The molecule has 0 bridgehead atoms. The van der Waals surface area contributed by atoms with Crippen molar-refractivity contribution in [1.29, 1.82) is 5.26 Å². The Morgan fingerprint density at radius 3 is 2.26 bits per heavy atom. The van der Waals surface area contributed by atoms with Crippen LogP contribution in [-0.2, 0) is 0 Å². The monoisotopic (exact) mass is 308 g/mol. The number of rotatable bonds is 3. The van der Waals surface area contributed by atoms with Crippen molar-refractivity contribution >= 4 is 17.5 Å². The van der Waals surface area contributed by atoms with E-state index in [1.807, 2.05) is 55.5 Å². The average Bonchev–Trinajstić information content (AvgIpc) is 2.62. The molecule has 0 amide bonds. The highest BCUT2D eigenvalue weighted by molar-refractivity contribution is 5.51. The van der Waals surface area contributed by atoms with Crippen molar-refractivity contribution in [2.75, 3.05) is 55.0 Å². The first kappa shape index (κ1) is 15.1. The van der Waals surface area contributed by atoms with Crippen LogP contribution in [0, 0.1) is 11.3 Å². The standard InChI is InChI=1S/C17H20N6/c1-21(2)16-7-8-19-17(20-16)23-11-9-22(10-12-23)15-5-3-14(13-18)4-6-15/h3-8H,9-12H2,1-2H3. The summed E-state index contributed by atoms with van der Waals surface area (Å²) in [4.78, 5) is 15.5. The number of aromatic nitrogens is 2. The summed E-state index contributed by atoms with van der Waals surface area (Å²) < 4.78 is 0. The number of piperazine rings is 1. The highest BCUT2D eigenvalue weighted by Gasteiger charge is 2.19. The first-order valence-electron chi connectivity index (χ1n) is 7.68. The van der Waals surface area contributed by atoms with Crippen LogP contribution >= 0.6 is 0 Å². The number of anilines is 3. The Balaban J connectivity index is 1.66. The molecule has 0 aliphatic carbocycles. The van der Waals surface area contributed by atoms with Gasteiger partial charge in [-0.05, 0) is 30.3 Å². The van der Waals surface area contributed by atoms with E-state index in [4.69, 9.17) is 5.26 Å². The van der Waals surface area contributed by atoms with E-state index in [-0.39, 0.29) is 0 Å². The third-order valence-electron chi connectivity index (χ3n) is 4.01. The van der Waals surface area contributed by atoms with E-state index in [0.717, 1.165) is 43.6 Å². The van der Waals surface area contributed by atoms with E-state index in [1.54, 1.807) is 0 Å². The summed E-state index contributed by atoms with van der Waals surface area (Å²) in [6, 6.07) is 11.8. The summed E-state index contributed by atoms with van der Waals surface area (Å²) in [5.74, 6) is 1.71. The lowest BCUT2D eigenvalue weighted by Gasteiger charge is -2.36. The number of hydrogen-bond acceptors (Lipinski definition) is 6. The molecule has 0 atom stereocenters. The lowest BCUT2D eigenvalue weighted by molar-refractivity contribution is 0.640. The Morgan fingerprint density at radius 1 is 1.00 bits per heavy atom. The summed E-state index contributed by atoms with van der Waals surface area (Å²) >= 11 is 0. The van der Waals surface area contributed by atoms with Crippen LogP contribution in [0.3, 0.4) is 0 Å². The Bertz CT molecular complexity index is 696.